The lowest BCUT2D eigenvalue weighted by atomic mass is 9.95. The highest BCUT2D eigenvalue weighted by atomic mass is 35.5. The Morgan fingerprint density at radius 3 is 2.44 bits per heavy atom. The van der Waals surface area contributed by atoms with Gasteiger partial charge in [-0.3, -0.25) is 0 Å². The van der Waals surface area contributed by atoms with E-state index in [9.17, 15) is 0 Å². The maximum Gasteiger partial charge on any atom is 0.246 e. The van der Waals surface area contributed by atoms with E-state index in [-0.39, 0.29) is 0 Å². The average Bonchev–Trinajstić information content (AvgIpc) is 2.38. The molecule has 0 unspecified atom stereocenters. The van der Waals surface area contributed by atoms with Crippen molar-refractivity contribution in [2.75, 3.05) is 0 Å². The highest BCUT2D eigenvalue weighted by Crippen LogP contribution is 2.46. The third kappa shape index (κ3) is 1.97. The minimum atomic E-state index is -0.663. The van der Waals surface area contributed by atoms with Crippen LogP contribution in [0.4, 0.5) is 0 Å². The normalized spacial score (nSPS) is 17.6. The van der Waals surface area contributed by atoms with E-state index < -0.39 is 11.3 Å². The molecule has 0 saturated carbocycles. The van der Waals surface area contributed by atoms with E-state index in [0.717, 1.165) is 5.56 Å². The third-order valence-corrected chi connectivity index (χ3v) is 2.74. The number of fused-ring (bicyclic) bond motifs is 1. The molecule has 0 atom stereocenters. The molecule has 3 nitrogen and oxygen atoms in total. The molecule has 0 spiro atoms. The van der Waals surface area contributed by atoms with Crippen LogP contribution in [-0.4, -0.2) is 5.79 Å². The van der Waals surface area contributed by atoms with Crippen LogP contribution in [0.2, 0.25) is 5.02 Å². The molecule has 0 bridgehead atoms. The molecule has 0 aliphatic carbocycles. The Morgan fingerprint density at radius 2 is 1.88 bits per heavy atom. The Bertz CT molecular complexity index is 435. The summed E-state index contributed by atoms with van der Waals surface area (Å²) in [5, 5.41) is 0.539. The van der Waals surface area contributed by atoms with Crippen molar-refractivity contribution in [3.05, 3.63) is 22.7 Å². The van der Waals surface area contributed by atoms with Gasteiger partial charge in [0, 0.05) is 19.4 Å². The summed E-state index contributed by atoms with van der Waals surface area (Å²) in [6.45, 7) is 7.53. The fourth-order valence-corrected chi connectivity index (χ4v) is 1.90. The van der Waals surface area contributed by atoms with Gasteiger partial charge in [-0.2, -0.15) is 0 Å². The van der Waals surface area contributed by atoms with Gasteiger partial charge in [-0.15, -0.1) is 0 Å². The summed E-state index contributed by atoms with van der Waals surface area (Å²) in [6.07, 6.45) is 0. The Hall–Kier alpha value is -0.930. The molecule has 0 radical (unpaired) electrons. The molecule has 4 heteroatoms. The van der Waals surface area contributed by atoms with Crippen LogP contribution >= 0.6 is 11.6 Å². The van der Waals surface area contributed by atoms with Crippen molar-refractivity contribution in [3.8, 4) is 11.5 Å². The Balaban J connectivity index is 2.50. The predicted octanol–water partition coefficient (Wildman–Crippen LogP) is 3.04. The first-order valence-electron chi connectivity index (χ1n) is 5.20. The Morgan fingerprint density at radius 1 is 1.25 bits per heavy atom. The molecule has 0 fully saturated rings. The van der Waals surface area contributed by atoms with Gasteiger partial charge in [0.25, 0.3) is 0 Å². The maximum atomic E-state index is 6.15. The molecule has 1 aromatic rings. The molecule has 16 heavy (non-hydrogen) atoms. The van der Waals surface area contributed by atoms with Crippen LogP contribution in [0.15, 0.2) is 12.1 Å². The number of rotatable bonds is 1. The zero-order chi connectivity index (χ0) is 12.1. The van der Waals surface area contributed by atoms with Crippen molar-refractivity contribution in [2.24, 2.45) is 5.73 Å². The molecule has 2 N–H and O–H groups in total. The summed E-state index contributed by atoms with van der Waals surface area (Å²) in [6, 6.07) is 3.71. The van der Waals surface area contributed by atoms with Gasteiger partial charge in [0.05, 0.1) is 5.02 Å². The lowest BCUT2D eigenvalue weighted by Gasteiger charge is -2.19. The van der Waals surface area contributed by atoms with Crippen LogP contribution in [0.5, 0.6) is 11.5 Å². The van der Waals surface area contributed by atoms with Crippen molar-refractivity contribution in [3.63, 3.8) is 0 Å². The molecular formula is C12H16ClNO2. The van der Waals surface area contributed by atoms with Gasteiger partial charge < -0.3 is 15.2 Å². The van der Waals surface area contributed by atoms with Gasteiger partial charge in [-0.25, -0.2) is 0 Å². The second-order valence-electron chi connectivity index (χ2n) is 5.11. The van der Waals surface area contributed by atoms with Crippen LogP contribution in [0.25, 0.3) is 0 Å². The smallest absolute Gasteiger partial charge is 0.246 e. The van der Waals surface area contributed by atoms with Crippen molar-refractivity contribution in [2.45, 2.75) is 39.0 Å². The zero-order valence-corrected chi connectivity index (χ0v) is 10.7. The minimum Gasteiger partial charge on any atom is -0.449 e. The van der Waals surface area contributed by atoms with Crippen molar-refractivity contribution >= 4 is 11.6 Å². The molecule has 1 aliphatic heterocycles. The molecule has 0 aromatic heterocycles. The highest BCUT2D eigenvalue weighted by Gasteiger charge is 2.34. The Labute approximate surface area is 100 Å². The molecule has 1 aliphatic rings. The molecule has 0 saturated heterocycles. The summed E-state index contributed by atoms with van der Waals surface area (Å²) >= 11 is 6.15. The Kier molecular flexibility index (Phi) is 2.37. The second kappa shape index (κ2) is 3.28. The van der Waals surface area contributed by atoms with E-state index >= 15 is 0 Å². The fraction of sp³-hybridized carbons (Fsp3) is 0.500. The number of nitrogens with two attached hydrogens (primary N) is 1. The topological polar surface area (TPSA) is 44.5 Å². The first-order chi connectivity index (χ1) is 7.19. The maximum absolute atomic E-state index is 6.15. The average molecular weight is 242 g/mol. The van der Waals surface area contributed by atoms with Gasteiger partial charge in [-0.05, 0) is 31.5 Å². The molecule has 0 amide bonds. The first-order valence-corrected chi connectivity index (χ1v) is 5.58. The summed E-state index contributed by atoms with van der Waals surface area (Å²) in [5.74, 6) is 0.592. The van der Waals surface area contributed by atoms with E-state index in [1.807, 2.05) is 39.8 Å². The number of benzene rings is 1. The quantitative estimate of drug-likeness (QED) is 0.822. The SMILES string of the molecule is CC1(C)Oc2cc(C(C)(C)N)cc(Cl)c2O1. The van der Waals surface area contributed by atoms with E-state index in [2.05, 4.69) is 0 Å². The summed E-state index contributed by atoms with van der Waals surface area (Å²) < 4.78 is 11.2. The van der Waals surface area contributed by atoms with E-state index in [1.54, 1.807) is 0 Å². The largest absolute Gasteiger partial charge is 0.449 e. The number of hydrogen-bond donors (Lipinski definition) is 1. The van der Waals surface area contributed by atoms with Gasteiger partial charge in [0.1, 0.15) is 0 Å². The van der Waals surface area contributed by atoms with Crippen LogP contribution in [0.1, 0.15) is 33.3 Å². The number of hydrogen-bond acceptors (Lipinski definition) is 3. The van der Waals surface area contributed by atoms with Crippen LogP contribution < -0.4 is 15.2 Å². The third-order valence-electron chi connectivity index (χ3n) is 2.46. The summed E-state index contributed by atoms with van der Waals surface area (Å²) in [5.41, 5.74) is 6.51. The molecule has 1 heterocycles. The van der Waals surface area contributed by atoms with Crippen LogP contribution in [-0.2, 0) is 5.54 Å². The van der Waals surface area contributed by atoms with E-state index in [4.69, 9.17) is 26.8 Å². The van der Waals surface area contributed by atoms with Crippen LogP contribution in [0.3, 0.4) is 0 Å². The van der Waals surface area contributed by atoms with Gasteiger partial charge in [0.15, 0.2) is 11.5 Å². The summed E-state index contributed by atoms with van der Waals surface area (Å²) in [4.78, 5) is 0. The van der Waals surface area contributed by atoms with Crippen molar-refractivity contribution < 1.29 is 9.47 Å². The van der Waals surface area contributed by atoms with E-state index in [0.29, 0.717) is 16.5 Å². The predicted molar refractivity (Wildman–Crippen MR) is 64.0 cm³/mol. The molecule has 88 valence electrons. The van der Waals surface area contributed by atoms with Crippen LogP contribution in [0, 0.1) is 0 Å². The highest BCUT2D eigenvalue weighted by molar-refractivity contribution is 6.32. The van der Waals surface area contributed by atoms with Crippen molar-refractivity contribution in [1.29, 1.82) is 0 Å². The molecule has 2 rings (SSSR count). The van der Waals surface area contributed by atoms with Gasteiger partial charge >= 0.3 is 0 Å². The monoisotopic (exact) mass is 241 g/mol. The second-order valence-corrected chi connectivity index (χ2v) is 5.52. The minimum absolute atomic E-state index is 0.450. The lowest BCUT2D eigenvalue weighted by molar-refractivity contribution is -0.0431. The zero-order valence-electron chi connectivity index (χ0n) is 9.93. The first kappa shape index (κ1) is 11.6. The lowest BCUT2D eigenvalue weighted by Crippen LogP contribution is -2.30. The number of ether oxygens (including phenoxy) is 2. The fourth-order valence-electron chi connectivity index (χ4n) is 1.65. The van der Waals surface area contributed by atoms with Crippen molar-refractivity contribution in [1.82, 2.24) is 0 Å². The van der Waals surface area contributed by atoms with Gasteiger partial charge in [-0.1, -0.05) is 11.6 Å². The number of halogens is 1. The molecular weight excluding hydrogens is 226 g/mol. The standard InChI is InChI=1S/C12H16ClNO2/c1-11(2,14)7-5-8(13)10-9(6-7)15-12(3,4)16-10/h5-6H,14H2,1-4H3. The van der Waals surface area contributed by atoms with Gasteiger partial charge in [0.2, 0.25) is 5.79 Å². The molecule has 1 aromatic carbocycles. The van der Waals surface area contributed by atoms with E-state index in [1.165, 1.54) is 0 Å². The summed E-state index contributed by atoms with van der Waals surface area (Å²) in [7, 11) is 0.